The lowest BCUT2D eigenvalue weighted by Gasteiger charge is -2.39. The summed E-state index contributed by atoms with van der Waals surface area (Å²) in [7, 11) is 0. The number of carbonyl (C=O) groups excluding carboxylic acids is 2. The Morgan fingerprint density at radius 2 is 1.69 bits per heavy atom. The summed E-state index contributed by atoms with van der Waals surface area (Å²) in [5.74, 6) is -0.574. The molecule has 1 saturated heterocycles. The Kier molecular flexibility index (Phi) is 7.09. The number of anilines is 1. The van der Waals surface area contributed by atoms with Gasteiger partial charge in [0.15, 0.2) is 11.0 Å². The molecule has 3 aromatic rings. The van der Waals surface area contributed by atoms with Gasteiger partial charge in [0.05, 0.1) is 6.42 Å². The fourth-order valence-corrected chi connectivity index (χ4v) is 5.97. The van der Waals surface area contributed by atoms with Crippen LogP contribution in [0.15, 0.2) is 77.7 Å². The molecule has 3 aromatic carbocycles. The van der Waals surface area contributed by atoms with E-state index in [4.69, 9.17) is 10.5 Å². The maximum atomic E-state index is 13.6. The Hall–Kier alpha value is -3.05. The van der Waals surface area contributed by atoms with E-state index in [-0.39, 0.29) is 17.6 Å². The van der Waals surface area contributed by atoms with E-state index in [0.717, 1.165) is 27.1 Å². The Balaban J connectivity index is 1.64. The second-order valence-electron chi connectivity index (χ2n) is 10.4. The average Bonchev–Trinajstić information content (AvgIpc) is 2.80. The van der Waals surface area contributed by atoms with Crippen LogP contribution in [0.2, 0.25) is 0 Å². The van der Waals surface area contributed by atoms with Crippen molar-refractivity contribution in [2.75, 3.05) is 5.73 Å². The molecule has 1 aliphatic rings. The summed E-state index contributed by atoms with van der Waals surface area (Å²) in [6, 6.07) is 23.6. The van der Waals surface area contributed by atoms with E-state index in [2.05, 4.69) is 39.0 Å². The summed E-state index contributed by atoms with van der Waals surface area (Å²) in [6.07, 6.45) is 1.35. The molecular formula is C30H33NO3S. The summed E-state index contributed by atoms with van der Waals surface area (Å²) in [6.45, 7) is 8.43. The summed E-state index contributed by atoms with van der Waals surface area (Å²) in [4.78, 5) is 28.0. The van der Waals surface area contributed by atoms with Crippen LogP contribution in [-0.4, -0.2) is 17.0 Å². The second-order valence-corrected chi connectivity index (χ2v) is 11.6. The molecule has 0 aliphatic carbocycles. The third kappa shape index (κ3) is 5.62. The topological polar surface area (TPSA) is 69.4 Å². The molecule has 0 bridgehead atoms. The Labute approximate surface area is 212 Å². The molecule has 2 atom stereocenters. The molecule has 0 amide bonds. The first-order chi connectivity index (χ1) is 16.6. The zero-order valence-corrected chi connectivity index (χ0v) is 21.7. The molecule has 1 aliphatic heterocycles. The molecule has 4 rings (SSSR count). The van der Waals surface area contributed by atoms with Crippen molar-refractivity contribution in [2.24, 2.45) is 0 Å². The summed E-state index contributed by atoms with van der Waals surface area (Å²) in [5.41, 5.74) is 9.58. The summed E-state index contributed by atoms with van der Waals surface area (Å²) in [5, 5.41) is -0.878. The Bertz CT molecular complexity index is 1190. The SMILES string of the molecule is Cc1ccc(C(C)(C)C)c(SC2C(=O)CC(CCc3ccccc3)(c3ccc(N)cc3)OC2=O)c1. The lowest BCUT2D eigenvalue weighted by Crippen LogP contribution is -2.47. The van der Waals surface area contributed by atoms with Crippen LogP contribution in [0.1, 0.15) is 55.9 Å². The van der Waals surface area contributed by atoms with Gasteiger partial charge < -0.3 is 10.5 Å². The highest BCUT2D eigenvalue weighted by Crippen LogP contribution is 2.44. The standard InChI is InChI=1S/C30H33NO3S/c1-20-10-15-24(29(2,3)4)26(18-20)35-27-25(32)19-30(34-28(27)33,22-11-13-23(31)14-12-22)17-16-21-8-6-5-7-9-21/h5-15,18,27H,16-17,19,31H2,1-4H3. The first-order valence-corrected chi connectivity index (χ1v) is 12.9. The fourth-order valence-electron chi connectivity index (χ4n) is 4.60. The van der Waals surface area contributed by atoms with E-state index in [1.807, 2.05) is 49.4 Å². The highest BCUT2D eigenvalue weighted by Gasteiger charge is 2.48. The van der Waals surface area contributed by atoms with Crippen LogP contribution in [0.3, 0.4) is 0 Å². The van der Waals surface area contributed by atoms with Crippen molar-refractivity contribution in [2.45, 2.75) is 68.1 Å². The molecule has 35 heavy (non-hydrogen) atoms. The van der Waals surface area contributed by atoms with Crippen LogP contribution in [0, 0.1) is 6.92 Å². The van der Waals surface area contributed by atoms with E-state index in [9.17, 15) is 9.59 Å². The maximum Gasteiger partial charge on any atom is 0.327 e. The lowest BCUT2D eigenvalue weighted by molar-refractivity contribution is -0.171. The molecule has 5 heteroatoms. The third-order valence-corrected chi connectivity index (χ3v) is 7.83. The van der Waals surface area contributed by atoms with E-state index in [1.54, 1.807) is 12.1 Å². The van der Waals surface area contributed by atoms with Gasteiger partial charge in [0.25, 0.3) is 0 Å². The number of esters is 1. The van der Waals surface area contributed by atoms with Crippen LogP contribution >= 0.6 is 11.8 Å². The van der Waals surface area contributed by atoms with E-state index >= 15 is 0 Å². The van der Waals surface area contributed by atoms with Crippen molar-refractivity contribution in [1.29, 1.82) is 0 Å². The van der Waals surface area contributed by atoms with Crippen LogP contribution in [0.5, 0.6) is 0 Å². The van der Waals surface area contributed by atoms with Gasteiger partial charge in [-0.15, -0.1) is 11.8 Å². The van der Waals surface area contributed by atoms with Gasteiger partial charge in [-0.1, -0.05) is 75.4 Å². The predicted molar refractivity (Wildman–Crippen MR) is 143 cm³/mol. The number of rotatable bonds is 6. The monoisotopic (exact) mass is 487 g/mol. The van der Waals surface area contributed by atoms with Crippen LogP contribution in [-0.2, 0) is 31.8 Å². The first-order valence-electron chi connectivity index (χ1n) is 12.0. The highest BCUT2D eigenvalue weighted by molar-refractivity contribution is 8.01. The predicted octanol–water partition coefficient (Wildman–Crippen LogP) is 6.38. The summed E-state index contributed by atoms with van der Waals surface area (Å²) < 4.78 is 6.21. The number of ketones is 1. The molecule has 182 valence electrons. The van der Waals surface area contributed by atoms with Crippen molar-refractivity contribution in [3.05, 3.63) is 95.1 Å². The number of hydrogen-bond donors (Lipinski definition) is 1. The minimum atomic E-state index is -1.01. The zero-order chi connectivity index (χ0) is 25.2. The number of hydrogen-bond acceptors (Lipinski definition) is 5. The van der Waals surface area contributed by atoms with Gasteiger partial charge in [-0.05, 0) is 65.6 Å². The quantitative estimate of drug-likeness (QED) is 0.248. The number of carbonyl (C=O) groups is 2. The minimum Gasteiger partial charge on any atom is -0.453 e. The third-order valence-electron chi connectivity index (χ3n) is 6.55. The van der Waals surface area contributed by atoms with Crippen molar-refractivity contribution in [3.8, 4) is 0 Å². The number of nitrogen functional groups attached to an aromatic ring is 1. The largest absolute Gasteiger partial charge is 0.453 e. The van der Waals surface area contributed by atoms with Crippen LogP contribution in [0.25, 0.3) is 0 Å². The van der Waals surface area contributed by atoms with Gasteiger partial charge >= 0.3 is 5.97 Å². The number of thioether (sulfide) groups is 1. The van der Waals surface area contributed by atoms with E-state index in [1.165, 1.54) is 11.8 Å². The normalized spacial score (nSPS) is 20.5. The number of aryl methyl sites for hydroxylation is 2. The van der Waals surface area contributed by atoms with Gasteiger partial charge in [0.2, 0.25) is 0 Å². The van der Waals surface area contributed by atoms with Crippen molar-refractivity contribution >= 4 is 29.2 Å². The Morgan fingerprint density at radius 3 is 2.31 bits per heavy atom. The molecule has 1 fully saturated rings. The molecule has 0 aromatic heterocycles. The van der Waals surface area contributed by atoms with Crippen molar-refractivity contribution in [3.63, 3.8) is 0 Å². The lowest BCUT2D eigenvalue weighted by atomic mass is 9.81. The molecule has 4 nitrogen and oxygen atoms in total. The number of nitrogens with two attached hydrogens (primary N) is 1. The fraction of sp³-hybridized carbons (Fsp3) is 0.333. The molecular weight excluding hydrogens is 454 g/mol. The zero-order valence-electron chi connectivity index (χ0n) is 20.8. The van der Waals surface area contributed by atoms with Crippen molar-refractivity contribution in [1.82, 2.24) is 0 Å². The molecule has 2 N–H and O–H groups in total. The first kappa shape index (κ1) is 25.1. The molecule has 1 heterocycles. The number of ether oxygens (including phenoxy) is 1. The van der Waals surface area contributed by atoms with Crippen LogP contribution < -0.4 is 5.73 Å². The van der Waals surface area contributed by atoms with Gasteiger partial charge in [-0.2, -0.15) is 0 Å². The minimum absolute atomic E-state index is 0.0995. The second kappa shape index (κ2) is 9.90. The maximum absolute atomic E-state index is 13.6. The smallest absolute Gasteiger partial charge is 0.327 e. The average molecular weight is 488 g/mol. The number of Topliss-reactive ketones (excluding diaryl/α,β-unsaturated/α-hetero) is 1. The number of benzene rings is 3. The van der Waals surface area contributed by atoms with Gasteiger partial charge in [-0.3, -0.25) is 9.59 Å². The molecule has 0 spiro atoms. The van der Waals surface area contributed by atoms with E-state index < -0.39 is 16.8 Å². The molecule has 0 saturated carbocycles. The molecule has 0 radical (unpaired) electrons. The van der Waals surface area contributed by atoms with Gasteiger partial charge in [0, 0.05) is 10.6 Å². The Morgan fingerprint density at radius 1 is 1.00 bits per heavy atom. The highest BCUT2D eigenvalue weighted by atomic mass is 32.2. The van der Waals surface area contributed by atoms with Crippen LogP contribution in [0.4, 0.5) is 5.69 Å². The molecule has 2 unspecified atom stereocenters. The summed E-state index contributed by atoms with van der Waals surface area (Å²) >= 11 is 1.32. The van der Waals surface area contributed by atoms with Crippen molar-refractivity contribution < 1.29 is 14.3 Å². The van der Waals surface area contributed by atoms with Gasteiger partial charge in [-0.25, -0.2) is 0 Å². The van der Waals surface area contributed by atoms with Gasteiger partial charge in [0.1, 0.15) is 5.60 Å². The number of cyclic esters (lactones) is 1. The van der Waals surface area contributed by atoms with E-state index in [0.29, 0.717) is 18.5 Å².